The van der Waals surface area contributed by atoms with Gasteiger partial charge < -0.3 is 9.47 Å². The van der Waals surface area contributed by atoms with E-state index in [2.05, 4.69) is 32.9 Å². The van der Waals surface area contributed by atoms with Crippen LogP contribution < -0.4 is 0 Å². The van der Waals surface area contributed by atoms with Crippen molar-refractivity contribution in [3.63, 3.8) is 0 Å². The monoisotopic (exact) mass is 444 g/mol. The average molecular weight is 445 g/mol. The quantitative estimate of drug-likeness (QED) is 0.273. The van der Waals surface area contributed by atoms with E-state index in [0.29, 0.717) is 35.2 Å². The molecule has 0 spiro atoms. The van der Waals surface area contributed by atoms with Gasteiger partial charge in [0.1, 0.15) is 6.10 Å². The second-order valence-electron chi connectivity index (χ2n) is 12.0. The molecule has 0 aromatic rings. The molecule has 0 aromatic heterocycles. The molecule has 0 radical (unpaired) electrons. The summed E-state index contributed by atoms with van der Waals surface area (Å²) < 4.78 is 10.8. The second-order valence-corrected chi connectivity index (χ2v) is 12.0. The van der Waals surface area contributed by atoms with Crippen LogP contribution in [0, 0.1) is 46.3 Å². The van der Waals surface area contributed by atoms with E-state index in [-0.39, 0.29) is 18.0 Å². The van der Waals surface area contributed by atoms with Crippen LogP contribution in [0.3, 0.4) is 0 Å². The molecular formula is C28H44O4. The van der Waals surface area contributed by atoms with Crippen molar-refractivity contribution < 1.29 is 19.1 Å². The molecule has 4 rings (SSSR count). The Morgan fingerprint density at radius 1 is 1.06 bits per heavy atom. The molecule has 0 amide bonds. The van der Waals surface area contributed by atoms with E-state index >= 15 is 0 Å². The van der Waals surface area contributed by atoms with Crippen LogP contribution >= 0.6 is 0 Å². The van der Waals surface area contributed by atoms with Gasteiger partial charge in [-0.05, 0) is 104 Å². The van der Waals surface area contributed by atoms with Crippen LogP contribution in [0.2, 0.25) is 0 Å². The number of esters is 2. The molecule has 0 aromatic carbocycles. The fourth-order valence-electron chi connectivity index (χ4n) is 8.69. The zero-order chi connectivity index (χ0) is 23.1. The summed E-state index contributed by atoms with van der Waals surface area (Å²) >= 11 is 0. The fraction of sp³-hybridized carbons (Fsp3) is 0.857. The van der Waals surface area contributed by atoms with Crippen LogP contribution in [0.1, 0.15) is 92.4 Å². The molecule has 4 aliphatic rings. The van der Waals surface area contributed by atoms with Gasteiger partial charge in [-0.2, -0.15) is 0 Å². The first-order valence-corrected chi connectivity index (χ1v) is 13.1. The third-order valence-corrected chi connectivity index (χ3v) is 10.3. The van der Waals surface area contributed by atoms with Crippen molar-refractivity contribution in [2.45, 2.75) is 98.5 Å². The fourth-order valence-corrected chi connectivity index (χ4v) is 8.69. The predicted octanol–water partition coefficient (Wildman–Crippen LogP) is 6.33. The van der Waals surface area contributed by atoms with E-state index in [1.807, 2.05) is 0 Å². The summed E-state index contributed by atoms with van der Waals surface area (Å²) in [6.45, 7) is 11.1. The third-order valence-electron chi connectivity index (χ3n) is 10.3. The summed E-state index contributed by atoms with van der Waals surface area (Å²) in [6, 6.07) is 0. The zero-order valence-corrected chi connectivity index (χ0v) is 20.9. The van der Waals surface area contributed by atoms with Crippen LogP contribution in [0.25, 0.3) is 0 Å². The van der Waals surface area contributed by atoms with E-state index in [1.165, 1.54) is 39.0 Å². The van der Waals surface area contributed by atoms with Gasteiger partial charge in [0.15, 0.2) is 0 Å². The second kappa shape index (κ2) is 9.14. The van der Waals surface area contributed by atoms with Crippen molar-refractivity contribution in [3.8, 4) is 0 Å². The molecule has 180 valence electrons. The first-order valence-electron chi connectivity index (χ1n) is 13.1. The van der Waals surface area contributed by atoms with Crippen LogP contribution in [0.15, 0.2) is 12.2 Å². The van der Waals surface area contributed by atoms with Gasteiger partial charge in [-0.1, -0.05) is 32.9 Å². The van der Waals surface area contributed by atoms with Crippen LogP contribution in [-0.2, 0) is 19.1 Å². The number of allylic oxidation sites excluding steroid dienone is 2. The first kappa shape index (κ1) is 23.8. The normalized spacial score (nSPS) is 43.5. The molecule has 3 saturated carbocycles. The third kappa shape index (κ3) is 4.28. The lowest BCUT2D eigenvalue weighted by molar-refractivity contribution is -0.154. The van der Waals surface area contributed by atoms with Gasteiger partial charge in [0, 0.05) is 13.8 Å². The van der Waals surface area contributed by atoms with E-state index in [0.717, 1.165) is 43.4 Å². The van der Waals surface area contributed by atoms with Gasteiger partial charge in [-0.25, -0.2) is 0 Å². The Morgan fingerprint density at radius 2 is 1.84 bits per heavy atom. The number of ether oxygens (including phenoxy) is 2. The molecule has 9 atom stereocenters. The maximum absolute atomic E-state index is 11.5. The molecule has 0 unspecified atom stereocenters. The molecule has 0 bridgehead atoms. The molecule has 4 heteroatoms. The predicted molar refractivity (Wildman–Crippen MR) is 126 cm³/mol. The van der Waals surface area contributed by atoms with E-state index in [9.17, 15) is 9.59 Å². The van der Waals surface area contributed by atoms with Gasteiger partial charge in [-0.3, -0.25) is 9.59 Å². The molecule has 0 N–H and O–H groups in total. The molecule has 3 fully saturated rings. The number of hydrogen-bond donors (Lipinski definition) is 0. The van der Waals surface area contributed by atoms with Gasteiger partial charge in [0.05, 0.1) is 6.61 Å². The average Bonchev–Trinajstić information content (AvgIpc) is 3.08. The summed E-state index contributed by atoms with van der Waals surface area (Å²) in [5.41, 5.74) is 0.658. The lowest BCUT2D eigenvalue weighted by atomic mass is 9.46. The Hall–Kier alpha value is -1.32. The molecule has 0 saturated heterocycles. The number of fused-ring (bicyclic) bond motifs is 5. The summed E-state index contributed by atoms with van der Waals surface area (Å²) in [5, 5.41) is 0. The Bertz CT molecular complexity index is 744. The van der Waals surface area contributed by atoms with E-state index < -0.39 is 0 Å². The number of carbonyl (C=O) groups is 2. The first-order chi connectivity index (χ1) is 15.1. The van der Waals surface area contributed by atoms with Crippen LogP contribution in [0.5, 0.6) is 0 Å². The summed E-state index contributed by atoms with van der Waals surface area (Å²) in [7, 11) is 0. The largest absolute Gasteiger partial charge is 0.466 e. The number of hydrogen-bond acceptors (Lipinski definition) is 4. The molecule has 4 aliphatic carbocycles. The lowest BCUT2D eigenvalue weighted by Gasteiger charge is -2.59. The van der Waals surface area contributed by atoms with E-state index in [1.54, 1.807) is 6.92 Å². The molecule has 32 heavy (non-hydrogen) atoms. The Kier molecular flexibility index (Phi) is 6.81. The van der Waals surface area contributed by atoms with Crippen molar-refractivity contribution >= 4 is 11.9 Å². The maximum Gasteiger partial charge on any atom is 0.302 e. The SMILES string of the molecule is CC(=O)OCCC[C@@H](C)[C@@H]1CC[C@@H]2[C@@H]3CC[C@H]4C[C@H](OC(C)=O)CC[C@]4(C)[C@@H]3C=C[C@]21C. The molecular weight excluding hydrogens is 400 g/mol. The van der Waals surface area contributed by atoms with E-state index in [4.69, 9.17) is 9.47 Å². The van der Waals surface area contributed by atoms with Gasteiger partial charge in [0.25, 0.3) is 0 Å². The van der Waals surface area contributed by atoms with Gasteiger partial charge in [-0.15, -0.1) is 0 Å². The highest BCUT2D eigenvalue weighted by Gasteiger charge is 2.58. The van der Waals surface area contributed by atoms with Crippen LogP contribution in [0.4, 0.5) is 0 Å². The summed E-state index contributed by atoms with van der Waals surface area (Å²) in [5.74, 6) is 4.04. The smallest absolute Gasteiger partial charge is 0.302 e. The highest BCUT2D eigenvalue weighted by atomic mass is 16.5. The molecule has 4 nitrogen and oxygen atoms in total. The van der Waals surface area contributed by atoms with Crippen molar-refractivity contribution in [3.05, 3.63) is 12.2 Å². The van der Waals surface area contributed by atoms with Crippen LogP contribution in [-0.4, -0.2) is 24.6 Å². The number of carbonyl (C=O) groups excluding carboxylic acids is 2. The topological polar surface area (TPSA) is 52.6 Å². The van der Waals surface area contributed by atoms with Gasteiger partial charge in [0.2, 0.25) is 0 Å². The minimum atomic E-state index is -0.169. The molecule has 0 aliphatic heterocycles. The zero-order valence-electron chi connectivity index (χ0n) is 20.9. The Labute approximate surface area is 194 Å². The van der Waals surface area contributed by atoms with Crippen molar-refractivity contribution in [2.24, 2.45) is 46.3 Å². The van der Waals surface area contributed by atoms with Gasteiger partial charge >= 0.3 is 11.9 Å². The van der Waals surface area contributed by atoms with Crippen molar-refractivity contribution in [1.29, 1.82) is 0 Å². The highest BCUT2D eigenvalue weighted by molar-refractivity contribution is 5.66. The maximum atomic E-state index is 11.5. The van der Waals surface area contributed by atoms with Crippen molar-refractivity contribution in [1.82, 2.24) is 0 Å². The Morgan fingerprint density at radius 3 is 2.56 bits per heavy atom. The Balaban J connectivity index is 1.45. The minimum absolute atomic E-state index is 0.125. The minimum Gasteiger partial charge on any atom is -0.466 e. The van der Waals surface area contributed by atoms with Crippen molar-refractivity contribution in [2.75, 3.05) is 6.61 Å². The molecule has 0 heterocycles. The number of rotatable bonds is 6. The standard InChI is InChI=1S/C28H44O4/c1-18(7-6-16-31-19(2)29)24-10-11-25-23-9-8-21-17-22(32-20(3)30)12-14-27(21,4)26(23)13-15-28(24,25)5/h13,15,18,21-26H,6-12,14,16-17H2,1-5H3/t18-,21+,22-,23+,24+,25-,26-,27+,28+/m1/s1. The lowest BCUT2D eigenvalue weighted by Crippen LogP contribution is -2.52. The highest BCUT2D eigenvalue weighted by Crippen LogP contribution is 2.66. The summed E-state index contributed by atoms with van der Waals surface area (Å²) in [4.78, 5) is 22.5. The summed E-state index contributed by atoms with van der Waals surface area (Å²) in [6.07, 6.45) is 16.1.